The van der Waals surface area contributed by atoms with Gasteiger partial charge < -0.3 is 14.7 Å². The van der Waals surface area contributed by atoms with Crippen LogP contribution in [0.15, 0.2) is 24.3 Å². The molecule has 8 nitrogen and oxygen atoms in total. The number of hydrogen-bond donors (Lipinski definition) is 1. The summed E-state index contributed by atoms with van der Waals surface area (Å²) in [5.41, 5.74) is -0.764. The molecule has 0 saturated carbocycles. The van der Waals surface area contributed by atoms with Gasteiger partial charge in [0.1, 0.15) is 5.56 Å². The molecular formula is C12H14O8. The predicted octanol–water partition coefficient (Wildman–Crippen LogP) is 2.49. The van der Waals surface area contributed by atoms with Gasteiger partial charge in [-0.1, -0.05) is 12.1 Å². The Balaban J connectivity index is 2.62. The summed E-state index contributed by atoms with van der Waals surface area (Å²) in [4.78, 5) is 31.2. The molecule has 0 atom stereocenters. The van der Waals surface area contributed by atoms with Gasteiger partial charge in [-0.15, -0.1) is 0 Å². The quantitative estimate of drug-likeness (QED) is 0.289. The van der Waals surface area contributed by atoms with Gasteiger partial charge in [-0.3, -0.25) is 0 Å². The first kappa shape index (κ1) is 15.9. The number of rotatable bonds is 5. The van der Waals surface area contributed by atoms with E-state index in [4.69, 9.17) is 14.9 Å². The highest BCUT2D eigenvalue weighted by Crippen LogP contribution is 2.19. The van der Waals surface area contributed by atoms with E-state index < -0.39 is 17.7 Å². The number of carboxylic acid groups (broad SMARTS) is 1. The number of carbonyl (C=O) groups excluding carboxylic acids is 1. The lowest BCUT2D eigenvalue weighted by Crippen LogP contribution is -2.20. The van der Waals surface area contributed by atoms with Crippen molar-refractivity contribution in [2.24, 2.45) is 0 Å². The van der Waals surface area contributed by atoms with Gasteiger partial charge in [0.15, 0.2) is 5.75 Å². The molecule has 0 amide bonds. The summed E-state index contributed by atoms with van der Waals surface area (Å²) >= 11 is 0. The van der Waals surface area contributed by atoms with Crippen LogP contribution >= 0.6 is 0 Å². The Kier molecular flexibility index (Phi) is 5.44. The minimum absolute atomic E-state index is 0.0868. The molecule has 8 heteroatoms. The van der Waals surface area contributed by atoms with Crippen LogP contribution in [-0.2, 0) is 19.7 Å². The summed E-state index contributed by atoms with van der Waals surface area (Å²) < 4.78 is 4.01. The number of hydrogen-bond acceptors (Lipinski definition) is 7. The van der Waals surface area contributed by atoms with E-state index in [9.17, 15) is 9.59 Å². The monoisotopic (exact) mass is 286 g/mol. The Morgan fingerprint density at radius 2 is 1.75 bits per heavy atom. The lowest BCUT2D eigenvalue weighted by atomic mass is 10.2. The van der Waals surface area contributed by atoms with Crippen LogP contribution in [0.4, 0.5) is 4.79 Å². The molecule has 1 rings (SSSR count). The Morgan fingerprint density at radius 1 is 1.10 bits per heavy atom. The fourth-order valence-corrected chi connectivity index (χ4v) is 1.01. The molecule has 0 heterocycles. The van der Waals surface area contributed by atoms with Crippen LogP contribution in [-0.4, -0.2) is 22.8 Å². The van der Waals surface area contributed by atoms with E-state index >= 15 is 0 Å². The SMILES string of the molecule is CC(C)(C)OOOOc1ccccc1C(=O)OC(=O)O. The number of esters is 1. The minimum Gasteiger partial charge on any atom is -0.449 e. The average Bonchev–Trinajstić information content (AvgIpc) is 2.33. The molecule has 1 aromatic carbocycles. The maximum Gasteiger partial charge on any atom is 0.513 e. The van der Waals surface area contributed by atoms with Gasteiger partial charge in [0.05, 0.1) is 5.60 Å². The molecule has 1 N–H and O–H groups in total. The number of benzene rings is 1. The fourth-order valence-electron chi connectivity index (χ4n) is 1.01. The third-order valence-corrected chi connectivity index (χ3v) is 1.72. The van der Waals surface area contributed by atoms with Gasteiger partial charge in [0.25, 0.3) is 0 Å². The normalized spacial score (nSPS) is 10.9. The van der Waals surface area contributed by atoms with Gasteiger partial charge in [-0.05, 0) is 37.9 Å². The van der Waals surface area contributed by atoms with E-state index in [1.807, 2.05) is 0 Å². The molecule has 0 aromatic heterocycles. The second-order valence-corrected chi connectivity index (χ2v) is 4.57. The summed E-state index contributed by atoms with van der Waals surface area (Å²) in [6.45, 7) is 5.15. The molecule has 0 fully saturated rings. The highest BCUT2D eigenvalue weighted by molar-refractivity contribution is 5.97. The summed E-state index contributed by atoms with van der Waals surface area (Å²) in [5.74, 6) is -1.19. The van der Waals surface area contributed by atoms with E-state index in [0.717, 1.165) is 0 Å². The van der Waals surface area contributed by atoms with Crippen molar-refractivity contribution in [2.75, 3.05) is 0 Å². The average molecular weight is 286 g/mol. The standard InChI is InChI=1S/C12H14O8/c1-12(2,3)18-20-19-17-9-7-5-4-6-8(9)10(13)16-11(14)15/h4-7H,1-3H3,(H,14,15). The smallest absolute Gasteiger partial charge is 0.449 e. The Morgan fingerprint density at radius 3 is 2.35 bits per heavy atom. The molecule has 0 bridgehead atoms. The second kappa shape index (κ2) is 6.85. The van der Waals surface area contributed by atoms with Crippen molar-refractivity contribution in [2.45, 2.75) is 26.4 Å². The lowest BCUT2D eigenvalue weighted by molar-refractivity contribution is -0.623. The van der Waals surface area contributed by atoms with Crippen LogP contribution in [0.3, 0.4) is 0 Å². The molecule has 0 aliphatic carbocycles. The van der Waals surface area contributed by atoms with Crippen LogP contribution in [0, 0.1) is 0 Å². The zero-order valence-corrected chi connectivity index (χ0v) is 11.1. The van der Waals surface area contributed by atoms with Crippen molar-refractivity contribution < 1.29 is 39.3 Å². The highest BCUT2D eigenvalue weighted by atomic mass is 17.7. The molecule has 0 spiro atoms. The molecule has 1 aromatic rings. The van der Waals surface area contributed by atoms with Crippen LogP contribution < -0.4 is 4.89 Å². The highest BCUT2D eigenvalue weighted by Gasteiger charge is 2.18. The Labute approximate surface area is 114 Å². The minimum atomic E-state index is -1.72. The number of ether oxygens (including phenoxy) is 1. The third-order valence-electron chi connectivity index (χ3n) is 1.72. The topological polar surface area (TPSA) is 101 Å². The molecule has 110 valence electrons. The molecule has 0 aliphatic rings. The first-order chi connectivity index (χ1) is 9.29. The summed E-state index contributed by atoms with van der Waals surface area (Å²) in [7, 11) is 0. The largest absolute Gasteiger partial charge is 0.513 e. The molecule has 20 heavy (non-hydrogen) atoms. The molecule has 0 saturated heterocycles. The number of carbonyl (C=O) groups is 2. The predicted molar refractivity (Wildman–Crippen MR) is 63.5 cm³/mol. The van der Waals surface area contributed by atoms with Crippen LogP contribution in [0.5, 0.6) is 5.75 Å². The van der Waals surface area contributed by atoms with Gasteiger partial charge >= 0.3 is 12.1 Å². The van der Waals surface area contributed by atoms with E-state index in [2.05, 4.69) is 14.8 Å². The number of para-hydroxylation sites is 1. The first-order valence-electron chi connectivity index (χ1n) is 5.53. The third kappa shape index (κ3) is 5.65. The van der Waals surface area contributed by atoms with E-state index in [1.165, 1.54) is 18.2 Å². The summed E-state index contributed by atoms with van der Waals surface area (Å²) in [6, 6.07) is 5.70. The zero-order valence-electron chi connectivity index (χ0n) is 11.1. The maximum atomic E-state index is 11.5. The van der Waals surface area contributed by atoms with Gasteiger partial charge in [-0.25, -0.2) is 9.59 Å². The fraction of sp³-hybridized carbons (Fsp3) is 0.333. The van der Waals surface area contributed by atoms with Crippen molar-refractivity contribution in [3.8, 4) is 5.75 Å². The van der Waals surface area contributed by atoms with Crippen molar-refractivity contribution in [1.29, 1.82) is 0 Å². The van der Waals surface area contributed by atoms with E-state index in [1.54, 1.807) is 26.8 Å². The second-order valence-electron chi connectivity index (χ2n) is 4.57. The van der Waals surface area contributed by atoms with Gasteiger partial charge in [0, 0.05) is 5.04 Å². The van der Waals surface area contributed by atoms with Crippen molar-refractivity contribution in [3.05, 3.63) is 29.8 Å². The summed E-state index contributed by atoms with van der Waals surface area (Å²) in [6.07, 6.45) is -1.72. The van der Waals surface area contributed by atoms with Gasteiger partial charge in [-0.2, -0.15) is 4.89 Å². The van der Waals surface area contributed by atoms with Gasteiger partial charge in [0.2, 0.25) is 0 Å². The van der Waals surface area contributed by atoms with Crippen molar-refractivity contribution in [3.63, 3.8) is 0 Å². The van der Waals surface area contributed by atoms with Crippen molar-refractivity contribution >= 4 is 12.1 Å². The zero-order chi connectivity index (χ0) is 15.2. The lowest BCUT2D eigenvalue weighted by Gasteiger charge is -2.15. The summed E-state index contributed by atoms with van der Waals surface area (Å²) in [5, 5.41) is 17.0. The van der Waals surface area contributed by atoms with Crippen LogP contribution in [0.25, 0.3) is 0 Å². The Bertz CT molecular complexity index is 477. The van der Waals surface area contributed by atoms with Crippen molar-refractivity contribution in [1.82, 2.24) is 0 Å². The maximum absolute atomic E-state index is 11.5. The first-order valence-corrected chi connectivity index (χ1v) is 5.53. The van der Waals surface area contributed by atoms with E-state index in [0.29, 0.717) is 0 Å². The molecule has 0 radical (unpaired) electrons. The van der Waals surface area contributed by atoms with Crippen LogP contribution in [0.1, 0.15) is 31.1 Å². The van der Waals surface area contributed by atoms with Crippen LogP contribution in [0.2, 0.25) is 0 Å². The Hall–Kier alpha value is -2.16. The molecular weight excluding hydrogens is 272 g/mol. The molecule has 0 unspecified atom stereocenters. The van der Waals surface area contributed by atoms with E-state index in [-0.39, 0.29) is 11.3 Å². The molecule has 0 aliphatic heterocycles.